The average Bonchev–Trinajstić information content (AvgIpc) is 2.65. The molecule has 1 aromatic heterocycles. The monoisotopic (exact) mass is 344 g/mol. The first-order valence-electron chi connectivity index (χ1n) is 6.53. The van der Waals surface area contributed by atoms with Crippen LogP contribution in [0.25, 0.3) is 11.0 Å². The molecule has 19 heavy (non-hydrogen) atoms. The molecule has 0 spiro atoms. The van der Waals surface area contributed by atoms with E-state index in [0.29, 0.717) is 27.8 Å². The molecule has 0 aliphatic heterocycles. The minimum Gasteiger partial charge on any atom is -0.324 e. The van der Waals surface area contributed by atoms with E-state index in [1.807, 2.05) is 6.07 Å². The van der Waals surface area contributed by atoms with Gasteiger partial charge >= 0.3 is 0 Å². The lowest BCUT2D eigenvalue weighted by Gasteiger charge is -2.33. The Morgan fingerprint density at radius 2 is 2.26 bits per heavy atom. The lowest BCUT2D eigenvalue weighted by molar-refractivity contribution is 0.223. The van der Waals surface area contributed by atoms with Gasteiger partial charge in [-0.05, 0) is 47.7 Å². The number of benzene rings is 1. The minimum absolute atomic E-state index is 0.283. The van der Waals surface area contributed by atoms with Crippen LogP contribution in [0.3, 0.4) is 0 Å². The molecule has 5 heteroatoms. The van der Waals surface area contributed by atoms with Gasteiger partial charge in [-0.1, -0.05) is 6.42 Å². The standard InChI is InChI=1S/C14H15BrClFN2/c1-8(9-3-2-4-9)19-13-5-10(15)11(17)6-12(13)18-14(19)7-16/h5-6,8-9H,2-4,7H2,1H3. The van der Waals surface area contributed by atoms with E-state index in [2.05, 4.69) is 32.4 Å². The predicted octanol–water partition coefficient (Wildman–Crippen LogP) is 5.04. The van der Waals surface area contributed by atoms with E-state index in [1.165, 1.54) is 25.3 Å². The van der Waals surface area contributed by atoms with E-state index in [9.17, 15) is 4.39 Å². The Morgan fingerprint density at radius 1 is 1.53 bits per heavy atom. The Bertz CT molecular complexity index is 621. The SMILES string of the molecule is CC(C1CCC1)n1c(CCl)nc2cc(F)c(Br)cc21. The Hall–Kier alpha value is -0.610. The summed E-state index contributed by atoms with van der Waals surface area (Å²) in [4.78, 5) is 4.47. The van der Waals surface area contributed by atoms with Gasteiger partial charge in [0.05, 0.1) is 21.4 Å². The number of alkyl halides is 1. The van der Waals surface area contributed by atoms with E-state index >= 15 is 0 Å². The predicted molar refractivity (Wildman–Crippen MR) is 79.0 cm³/mol. The van der Waals surface area contributed by atoms with Crippen molar-refractivity contribution in [3.05, 3.63) is 28.2 Å². The van der Waals surface area contributed by atoms with Gasteiger partial charge in [0, 0.05) is 12.1 Å². The average molecular weight is 346 g/mol. The number of hydrogen-bond acceptors (Lipinski definition) is 1. The molecule has 1 atom stereocenters. The van der Waals surface area contributed by atoms with Gasteiger partial charge in [-0.2, -0.15) is 0 Å². The first kappa shape index (κ1) is 13.4. The summed E-state index contributed by atoms with van der Waals surface area (Å²) in [7, 11) is 0. The summed E-state index contributed by atoms with van der Waals surface area (Å²) >= 11 is 9.25. The van der Waals surface area contributed by atoms with Gasteiger partial charge in [0.25, 0.3) is 0 Å². The van der Waals surface area contributed by atoms with Crippen LogP contribution in [-0.4, -0.2) is 9.55 Å². The van der Waals surface area contributed by atoms with Gasteiger partial charge in [0.15, 0.2) is 0 Å². The number of rotatable bonds is 3. The van der Waals surface area contributed by atoms with Crippen LogP contribution in [0, 0.1) is 11.7 Å². The molecule has 1 unspecified atom stereocenters. The molecule has 3 rings (SSSR count). The number of aromatic nitrogens is 2. The molecule has 0 amide bonds. The highest BCUT2D eigenvalue weighted by molar-refractivity contribution is 9.10. The Kier molecular flexibility index (Phi) is 3.56. The molecule has 1 heterocycles. The Morgan fingerprint density at radius 3 is 2.84 bits per heavy atom. The third-order valence-corrected chi connectivity index (χ3v) is 5.01. The van der Waals surface area contributed by atoms with E-state index in [4.69, 9.17) is 11.6 Å². The molecule has 2 nitrogen and oxygen atoms in total. The zero-order chi connectivity index (χ0) is 13.6. The van der Waals surface area contributed by atoms with Crippen molar-refractivity contribution in [1.82, 2.24) is 9.55 Å². The van der Waals surface area contributed by atoms with Crippen molar-refractivity contribution >= 4 is 38.6 Å². The zero-order valence-electron chi connectivity index (χ0n) is 10.7. The number of nitrogens with zero attached hydrogens (tertiary/aromatic N) is 2. The van der Waals surface area contributed by atoms with Gasteiger partial charge < -0.3 is 4.57 Å². The maximum atomic E-state index is 13.6. The molecule has 0 bridgehead atoms. The van der Waals surface area contributed by atoms with Gasteiger partial charge in [0.2, 0.25) is 0 Å². The van der Waals surface area contributed by atoms with E-state index in [1.54, 1.807) is 0 Å². The first-order valence-corrected chi connectivity index (χ1v) is 7.86. The highest BCUT2D eigenvalue weighted by Crippen LogP contribution is 2.39. The van der Waals surface area contributed by atoms with Crippen molar-refractivity contribution in [1.29, 1.82) is 0 Å². The molecule has 0 N–H and O–H groups in total. The molecule has 0 radical (unpaired) electrons. The summed E-state index contributed by atoms with van der Waals surface area (Å²) in [5.41, 5.74) is 1.64. The maximum Gasteiger partial charge on any atom is 0.139 e. The molecule has 1 saturated carbocycles. The summed E-state index contributed by atoms with van der Waals surface area (Å²) in [6.07, 6.45) is 3.81. The summed E-state index contributed by atoms with van der Waals surface area (Å²) in [5.74, 6) is 1.58. The van der Waals surface area contributed by atoms with E-state index in [-0.39, 0.29) is 5.82 Å². The number of imidazole rings is 1. The van der Waals surface area contributed by atoms with Crippen molar-refractivity contribution in [2.24, 2.45) is 5.92 Å². The third-order valence-electron chi connectivity index (χ3n) is 4.16. The van der Waals surface area contributed by atoms with Crippen LogP contribution in [0.5, 0.6) is 0 Å². The molecule has 1 fully saturated rings. The van der Waals surface area contributed by atoms with Crippen molar-refractivity contribution in [3.8, 4) is 0 Å². The third kappa shape index (κ3) is 2.19. The fourth-order valence-electron chi connectivity index (χ4n) is 2.82. The van der Waals surface area contributed by atoms with Crippen LogP contribution < -0.4 is 0 Å². The Labute approximate surface area is 125 Å². The Balaban J connectivity index is 2.16. The van der Waals surface area contributed by atoms with Crippen LogP contribution in [0.2, 0.25) is 0 Å². The lowest BCUT2D eigenvalue weighted by Crippen LogP contribution is -2.24. The van der Waals surface area contributed by atoms with E-state index < -0.39 is 0 Å². The van der Waals surface area contributed by atoms with Gasteiger partial charge in [-0.25, -0.2) is 9.37 Å². The first-order chi connectivity index (χ1) is 9.11. The van der Waals surface area contributed by atoms with Crippen molar-refractivity contribution in [2.45, 2.75) is 38.1 Å². The molecule has 2 aromatic rings. The second kappa shape index (κ2) is 5.06. The quantitative estimate of drug-likeness (QED) is 0.713. The van der Waals surface area contributed by atoms with E-state index in [0.717, 1.165) is 11.3 Å². The van der Waals surface area contributed by atoms with Crippen molar-refractivity contribution in [2.75, 3.05) is 0 Å². The van der Waals surface area contributed by atoms with Crippen molar-refractivity contribution < 1.29 is 4.39 Å². The number of hydrogen-bond donors (Lipinski definition) is 0. The minimum atomic E-state index is -0.283. The van der Waals surface area contributed by atoms with Crippen LogP contribution in [0.4, 0.5) is 4.39 Å². The number of halogens is 3. The van der Waals surface area contributed by atoms with Crippen LogP contribution in [0.1, 0.15) is 38.1 Å². The topological polar surface area (TPSA) is 17.8 Å². The lowest BCUT2D eigenvalue weighted by atomic mass is 9.80. The summed E-state index contributed by atoms with van der Waals surface area (Å²) in [6.45, 7) is 2.21. The summed E-state index contributed by atoms with van der Waals surface area (Å²) in [6, 6.07) is 3.65. The summed E-state index contributed by atoms with van der Waals surface area (Å²) in [5, 5.41) is 0. The molecule has 1 aromatic carbocycles. The van der Waals surface area contributed by atoms with Gasteiger partial charge in [-0.15, -0.1) is 11.6 Å². The van der Waals surface area contributed by atoms with Crippen LogP contribution >= 0.6 is 27.5 Å². The highest BCUT2D eigenvalue weighted by atomic mass is 79.9. The van der Waals surface area contributed by atoms with Crippen LogP contribution in [0.15, 0.2) is 16.6 Å². The second-order valence-corrected chi connectivity index (χ2v) is 6.34. The van der Waals surface area contributed by atoms with Crippen molar-refractivity contribution in [3.63, 3.8) is 0 Å². The molecular weight excluding hydrogens is 331 g/mol. The second-order valence-electron chi connectivity index (χ2n) is 5.22. The smallest absolute Gasteiger partial charge is 0.139 e. The van der Waals surface area contributed by atoms with Crippen LogP contribution in [-0.2, 0) is 5.88 Å². The molecule has 0 saturated heterocycles. The fraction of sp³-hybridized carbons (Fsp3) is 0.500. The largest absolute Gasteiger partial charge is 0.324 e. The molecular formula is C14H15BrClFN2. The van der Waals surface area contributed by atoms with Gasteiger partial charge in [-0.3, -0.25) is 0 Å². The molecule has 102 valence electrons. The fourth-order valence-corrected chi connectivity index (χ4v) is 3.34. The van der Waals surface area contributed by atoms with Gasteiger partial charge in [0.1, 0.15) is 11.6 Å². The number of fused-ring (bicyclic) bond motifs is 1. The summed E-state index contributed by atoms with van der Waals surface area (Å²) < 4.78 is 16.3. The highest BCUT2D eigenvalue weighted by Gasteiger charge is 2.28. The maximum absolute atomic E-state index is 13.6. The normalized spacial score (nSPS) is 17.7. The molecule has 1 aliphatic carbocycles. The zero-order valence-corrected chi connectivity index (χ0v) is 13.0. The molecule has 1 aliphatic rings.